The summed E-state index contributed by atoms with van der Waals surface area (Å²) in [6, 6.07) is 3.57. The molecule has 0 radical (unpaired) electrons. The molecule has 0 unspecified atom stereocenters. The fourth-order valence-electron chi connectivity index (χ4n) is 2.08. The van der Waals surface area contributed by atoms with Gasteiger partial charge in [0.05, 0.1) is 19.5 Å². The maximum atomic E-state index is 12.5. The number of thiazole rings is 1. The van der Waals surface area contributed by atoms with Crippen LogP contribution in [0.15, 0.2) is 22.8 Å². The quantitative estimate of drug-likeness (QED) is 0.846. The van der Waals surface area contributed by atoms with Crippen molar-refractivity contribution in [1.29, 1.82) is 0 Å². The van der Waals surface area contributed by atoms with Crippen LogP contribution in [-0.4, -0.2) is 52.8 Å². The van der Waals surface area contributed by atoms with E-state index in [4.69, 9.17) is 4.42 Å². The summed E-state index contributed by atoms with van der Waals surface area (Å²) in [7, 11) is 1.64. The third-order valence-corrected chi connectivity index (χ3v) is 4.45. The Kier molecular flexibility index (Phi) is 5.00. The van der Waals surface area contributed by atoms with Gasteiger partial charge in [0.25, 0.3) is 5.91 Å². The van der Waals surface area contributed by atoms with E-state index >= 15 is 0 Å². The summed E-state index contributed by atoms with van der Waals surface area (Å²) in [6.45, 7) is 3.40. The van der Waals surface area contributed by atoms with E-state index in [0.717, 1.165) is 4.88 Å². The SMILES string of the molecule is Cc1sc(-c2ccco2)nc1C(=O)N(C)CC(C)(CO)CO. The molecule has 0 aliphatic heterocycles. The van der Waals surface area contributed by atoms with E-state index in [1.807, 2.05) is 6.92 Å². The summed E-state index contributed by atoms with van der Waals surface area (Å²) in [6.07, 6.45) is 1.56. The first-order valence-electron chi connectivity index (χ1n) is 6.88. The van der Waals surface area contributed by atoms with Crippen molar-refractivity contribution in [3.63, 3.8) is 0 Å². The van der Waals surface area contributed by atoms with Gasteiger partial charge in [0.1, 0.15) is 5.69 Å². The zero-order valence-corrected chi connectivity index (χ0v) is 13.7. The molecular formula is C15H20N2O4S. The molecule has 2 aromatic rings. The van der Waals surface area contributed by atoms with Crippen molar-refractivity contribution in [2.75, 3.05) is 26.8 Å². The number of amides is 1. The smallest absolute Gasteiger partial charge is 0.273 e. The largest absolute Gasteiger partial charge is 0.462 e. The van der Waals surface area contributed by atoms with Crippen LogP contribution < -0.4 is 0 Å². The first-order valence-corrected chi connectivity index (χ1v) is 7.70. The average Bonchev–Trinajstić information content (AvgIpc) is 3.15. The van der Waals surface area contributed by atoms with Crippen LogP contribution in [0.3, 0.4) is 0 Å². The summed E-state index contributed by atoms with van der Waals surface area (Å²) in [5.41, 5.74) is -0.366. The van der Waals surface area contributed by atoms with Crippen molar-refractivity contribution in [3.8, 4) is 10.8 Å². The molecule has 0 aliphatic rings. The first kappa shape index (κ1) is 16.7. The van der Waals surface area contributed by atoms with Crippen LogP contribution in [0.1, 0.15) is 22.3 Å². The van der Waals surface area contributed by atoms with Gasteiger partial charge in [-0.15, -0.1) is 11.3 Å². The molecule has 2 heterocycles. The lowest BCUT2D eigenvalue weighted by Crippen LogP contribution is -2.41. The number of rotatable bonds is 6. The van der Waals surface area contributed by atoms with Gasteiger partial charge in [-0.1, -0.05) is 6.92 Å². The van der Waals surface area contributed by atoms with Gasteiger partial charge in [-0.2, -0.15) is 0 Å². The van der Waals surface area contributed by atoms with Crippen LogP contribution in [0.2, 0.25) is 0 Å². The fraction of sp³-hybridized carbons (Fsp3) is 0.467. The second kappa shape index (κ2) is 6.60. The minimum atomic E-state index is -0.738. The Morgan fingerprint density at radius 3 is 2.68 bits per heavy atom. The highest BCUT2D eigenvalue weighted by Gasteiger charge is 2.28. The molecule has 2 aromatic heterocycles. The average molecular weight is 324 g/mol. The molecule has 120 valence electrons. The Balaban J connectivity index is 2.19. The Labute approximate surface area is 133 Å². The van der Waals surface area contributed by atoms with Gasteiger partial charge >= 0.3 is 0 Å². The Morgan fingerprint density at radius 1 is 1.45 bits per heavy atom. The third-order valence-electron chi connectivity index (χ3n) is 3.46. The number of aliphatic hydroxyl groups excluding tert-OH is 2. The van der Waals surface area contributed by atoms with E-state index in [-0.39, 0.29) is 25.7 Å². The molecular weight excluding hydrogens is 304 g/mol. The molecule has 0 atom stereocenters. The Morgan fingerprint density at radius 2 is 2.14 bits per heavy atom. The number of hydrogen-bond acceptors (Lipinski definition) is 6. The normalized spacial score (nSPS) is 11.7. The van der Waals surface area contributed by atoms with Crippen LogP contribution in [0, 0.1) is 12.3 Å². The molecule has 0 saturated heterocycles. The summed E-state index contributed by atoms with van der Waals surface area (Å²) in [4.78, 5) is 19.2. The van der Waals surface area contributed by atoms with E-state index in [1.165, 1.54) is 16.2 Å². The van der Waals surface area contributed by atoms with Gasteiger partial charge in [0, 0.05) is 23.9 Å². The van der Waals surface area contributed by atoms with Gasteiger partial charge in [-0.05, 0) is 19.1 Å². The molecule has 0 bridgehead atoms. The molecule has 0 spiro atoms. The number of hydrogen-bond donors (Lipinski definition) is 2. The predicted molar refractivity (Wildman–Crippen MR) is 83.8 cm³/mol. The van der Waals surface area contributed by atoms with Crippen LogP contribution in [0.25, 0.3) is 10.8 Å². The second-order valence-corrected chi connectivity index (χ2v) is 6.89. The molecule has 0 aliphatic carbocycles. The lowest BCUT2D eigenvalue weighted by Gasteiger charge is -2.30. The molecule has 0 saturated carbocycles. The molecule has 2 N–H and O–H groups in total. The van der Waals surface area contributed by atoms with Gasteiger partial charge in [-0.3, -0.25) is 4.79 Å². The van der Waals surface area contributed by atoms with Crippen molar-refractivity contribution in [1.82, 2.24) is 9.88 Å². The highest BCUT2D eigenvalue weighted by molar-refractivity contribution is 7.15. The Hall–Kier alpha value is -1.70. The third kappa shape index (κ3) is 3.37. The lowest BCUT2D eigenvalue weighted by molar-refractivity contribution is 0.0363. The molecule has 7 heteroatoms. The highest BCUT2D eigenvalue weighted by Crippen LogP contribution is 2.28. The molecule has 0 fully saturated rings. The molecule has 2 rings (SSSR count). The molecule has 0 aromatic carbocycles. The summed E-state index contributed by atoms with van der Waals surface area (Å²) < 4.78 is 5.30. The first-order chi connectivity index (χ1) is 10.4. The minimum absolute atomic E-state index is 0.200. The Bertz CT molecular complexity index is 632. The number of nitrogens with zero attached hydrogens (tertiary/aromatic N) is 2. The van der Waals surface area contributed by atoms with E-state index in [0.29, 0.717) is 16.5 Å². The number of carbonyl (C=O) groups is 1. The van der Waals surface area contributed by atoms with Gasteiger partial charge in [0.2, 0.25) is 0 Å². The maximum absolute atomic E-state index is 12.5. The number of aromatic nitrogens is 1. The number of aliphatic hydroxyl groups is 2. The summed E-state index contributed by atoms with van der Waals surface area (Å²) in [5.74, 6) is 0.394. The van der Waals surface area contributed by atoms with Crippen LogP contribution in [0.5, 0.6) is 0 Å². The topological polar surface area (TPSA) is 86.8 Å². The van der Waals surface area contributed by atoms with Crippen molar-refractivity contribution in [3.05, 3.63) is 29.0 Å². The summed E-state index contributed by atoms with van der Waals surface area (Å²) in [5, 5.41) is 19.4. The number of furan rings is 1. The van der Waals surface area contributed by atoms with Crippen molar-refractivity contribution in [2.45, 2.75) is 13.8 Å². The zero-order valence-electron chi connectivity index (χ0n) is 12.9. The number of aryl methyl sites for hydroxylation is 1. The van der Waals surface area contributed by atoms with E-state index in [1.54, 1.807) is 32.4 Å². The van der Waals surface area contributed by atoms with E-state index in [9.17, 15) is 15.0 Å². The lowest BCUT2D eigenvalue weighted by atomic mass is 9.92. The maximum Gasteiger partial charge on any atom is 0.273 e. The van der Waals surface area contributed by atoms with E-state index in [2.05, 4.69) is 4.98 Å². The van der Waals surface area contributed by atoms with Crippen molar-refractivity contribution < 1.29 is 19.4 Å². The van der Waals surface area contributed by atoms with Gasteiger partial charge in [-0.25, -0.2) is 4.98 Å². The van der Waals surface area contributed by atoms with Crippen molar-refractivity contribution in [2.24, 2.45) is 5.41 Å². The zero-order chi connectivity index (χ0) is 16.3. The molecule has 6 nitrogen and oxygen atoms in total. The van der Waals surface area contributed by atoms with Crippen molar-refractivity contribution >= 4 is 17.2 Å². The van der Waals surface area contributed by atoms with Crippen LogP contribution >= 0.6 is 11.3 Å². The fourth-order valence-corrected chi connectivity index (χ4v) is 2.95. The van der Waals surface area contributed by atoms with Gasteiger partial charge < -0.3 is 19.5 Å². The second-order valence-electron chi connectivity index (χ2n) is 5.69. The van der Waals surface area contributed by atoms with Crippen LogP contribution in [-0.2, 0) is 0 Å². The minimum Gasteiger partial charge on any atom is -0.462 e. The monoisotopic (exact) mass is 324 g/mol. The molecule has 22 heavy (non-hydrogen) atoms. The van der Waals surface area contributed by atoms with Gasteiger partial charge in [0.15, 0.2) is 10.8 Å². The highest BCUT2D eigenvalue weighted by atomic mass is 32.1. The van der Waals surface area contributed by atoms with Crippen LogP contribution in [0.4, 0.5) is 0 Å². The predicted octanol–water partition coefficient (Wildman–Crippen LogP) is 1.77. The number of carbonyl (C=O) groups excluding carboxylic acids is 1. The summed E-state index contributed by atoms with van der Waals surface area (Å²) >= 11 is 1.40. The van der Waals surface area contributed by atoms with E-state index < -0.39 is 5.41 Å². The molecule has 1 amide bonds. The standard InChI is InChI=1S/C15H20N2O4S/c1-10-12(16-13(22-10)11-5-4-6-21-11)14(20)17(3)7-15(2,8-18)9-19/h4-6,18-19H,7-9H2,1-3H3.